The molecular weight excluding hydrogens is 420 g/mol. The van der Waals surface area contributed by atoms with Crippen molar-refractivity contribution < 1.29 is 23.8 Å². The molecule has 0 atom stereocenters. The second kappa shape index (κ2) is 10.9. The number of piperidine rings is 1. The van der Waals surface area contributed by atoms with Crippen LogP contribution in [0.4, 0.5) is 5.69 Å². The van der Waals surface area contributed by atoms with Crippen LogP contribution in [0.2, 0.25) is 5.02 Å². The van der Waals surface area contributed by atoms with Crippen molar-refractivity contribution in [3.63, 3.8) is 0 Å². The lowest BCUT2D eigenvalue weighted by molar-refractivity contribution is -0.116. The standard InChI is InChI=1S/C23H27ClN2O5/c1-29-20-14-18(23(28)26-10-4-3-5-11-26)19(15-21(20)30-2)25-22(27)9-12-31-17-8-6-7-16(24)13-17/h6-8,13-15H,3-5,9-12H2,1-2H3,(H,25,27). The summed E-state index contributed by atoms with van der Waals surface area (Å²) >= 11 is 5.94. The molecule has 0 bridgehead atoms. The molecule has 0 aromatic heterocycles. The predicted molar refractivity (Wildman–Crippen MR) is 119 cm³/mol. The van der Waals surface area contributed by atoms with Gasteiger partial charge in [-0.05, 0) is 43.5 Å². The maximum Gasteiger partial charge on any atom is 0.256 e. The second-order valence-corrected chi connectivity index (χ2v) is 7.65. The molecule has 0 spiro atoms. The molecule has 0 unspecified atom stereocenters. The lowest BCUT2D eigenvalue weighted by atomic mass is 10.1. The summed E-state index contributed by atoms with van der Waals surface area (Å²) < 4.78 is 16.3. The number of benzene rings is 2. The van der Waals surface area contributed by atoms with E-state index in [1.54, 1.807) is 36.4 Å². The van der Waals surface area contributed by atoms with Crippen LogP contribution in [0.15, 0.2) is 36.4 Å². The third kappa shape index (κ3) is 6.04. The van der Waals surface area contributed by atoms with Gasteiger partial charge in [0.05, 0.1) is 38.5 Å². The van der Waals surface area contributed by atoms with Gasteiger partial charge >= 0.3 is 0 Å². The van der Waals surface area contributed by atoms with E-state index in [9.17, 15) is 9.59 Å². The molecule has 2 aromatic carbocycles. The maximum atomic E-state index is 13.1. The number of anilines is 1. The number of amides is 2. The van der Waals surface area contributed by atoms with E-state index >= 15 is 0 Å². The molecular formula is C23H27ClN2O5. The van der Waals surface area contributed by atoms with Gasteiger partial charge in [-0.25, -0.2) is 0 Å². The van der Waals surface area contributed by atoms with Crippen LogP contribution in [0.3, 0.4) is 0 Å². The minimum Gasteiger partial charge on any atom is -0.493 e. The van der Waals surface area contributed by atoms with Crippen molar-refractivity contribution in [2.24, 2.45) is 0 Å². The Labute approximate surface area is 187 Å². The van der Waals surface area contributed by atoms with E-state index in [1.807, 2.05) is 4.90 Å². The highest BCUT2D eigenvalue weighted by molar-refractivity contribution is 6.30. The van der Waals surface area contributed by atoms with E-state index in [0.29, 0.717) is 46.6 Å². The average Bonchev–Trinajstić information content (AvgIpc) is 2.79. The van der Waals surface area contributed by atoms with E-state index in [4.69, 9.17) is 25.8 Å². The monoisotopic (exact) mass is 446 g/mol. The van der Waals surface area contributed by atoms with Crippen molar-refractivity contribution in [1.29, 1.82) is 0 Å². The summed E-state index contributed by atoms with van der Waals surface area (Å²) in [6, 6.07) is 10.2. The van der Waals surface area contributed by atoms with Gasteiger partial charge < -0.3 is 24.4 Å². The Bertz CT molecular complexity index is 928. The summed E-state index contributed by atoms with van der Waals surface area (Å²) in [7, 11) is 3.02. The smallest absolute Gasteiger partial charge is 0.256 e. The van der Waals surface area contributed by atoms with Crippen LogP contribution in [0.5, 0.6) is 17.2 Å². The minimum atomic E-state index is -0.276. The van der Waals surface area contributed by atoms with Crippen LogP contribution in [-0.2, 0) is 4.79 Å². The highest BCUT2D eigenvalue weighted by atomic mass is 35.5. The first-order valence-electron chi connectivity index (χ1n) is 10.3. The Morgan fingerprint density at radius 3 is 2.42 bits per heavy atom. The molecule has 8 heteroatoms. The van der Waals surface area contributed by atoms with Gasteiger partial charge in [-0.3, -0.25) is 9.59 Å². The number of hydrogen-bond acceptors (Lipinski definition) is 5. The largest absolute Gasteiger partial charge is 0.493 e. The van der Waals surface area contributed by atoms with Crippen molar-refractivity contribution in [3.8, 4) is 17.2 Å². The summed E-state index contributed by atoms with van der Waals surface area (Å²) in [6.45, 7) is 1.58. The van der Waals surface area contributed by atoms with Crippen molar-refractivity contribution in [3.05, 3.63) is 47.0 Å². The first kappa shape index (κ1) is 22.7. The molecule has 1 N–H and O–H groups in total. The zero-order chi connectivity index (χ0) is 22.2. The first-order valence-corrected chi connectivity index (χ1v) is 10.6. The topological polar surface area (TPSA) is 77.1 Å². The summed E-state index contributed by atoms with van der Waals surface area (Å²) in [4.78, 5) is 27.5. The quantitative estimate of drug-likeness (QED) is 0.650. The highest BCUT2D eigenvalue weighted by Gasteiger charge is 2.24. The van der Waals surface area contributed by atoms with Crippen LogP contribution >= 0.6 is 11.6 Å². The zero-order valence-electron chi connectivity index (χ0n) is 17.8. The molecule has 2 aromatic rings. The summed E-state index contributed by atoms with van der Waals surface area (Å²) in [5.41, 5.74) is 0.768. The molecule has 2 amide bonds. The van der Waals surface area contributed by atoms with Gasteiger partial charge in [0.2, 0.25) is 5.91 Å². The Kier molecular flexibility index (Phi) is 8.00. The number of likely N-dealkylation sites (tertiary alicyclic amines) is 1. The molecule has 0 radical (unpaired) electrons. The van der Waals surface area contributed by atoms with Crippen molar-refractivity contribution >= 4 is 29.1 Å². The summed E-state index contributed by atoms with van der Waals surface area (Å²) in [5, 5.41) is 3.39. The van der Waals surface area contributed by atoms with Gasteiger partial charge in [0, 0.05) is 24.2 Å². The SMILES string of the molecule is COc1cc(NC(=O)CCOc2cccc(Cl)c2)c(C(=O)N2CCCCC2)cc1OC. The number of nitrogens with one attached hydrogen (secondary N) is 1. The van der Waals surface area contributed by atoms with Crippen molar-refractivity contribution in [2.75, 3.05) is 39.2 Å². The van der Waals surface area contributed by atoms with E-state index < -0.39 is 0 Å². The number of hydrogen-bond donors (Lipinski definition) is 1. The molecule has 1 fully saturated rings. The number of carbonyl (C=O) groups is 2. The lowest BCUT2D eigenvalue weighted by Gasteiger charge is -2.28. The fraction of sp³-hybridized carbons (Fsp3) is 0.391. The molecule has 0 saturated carbocycles. The Hall–Kier alpha value is -2.93. The molecule has 1 saturated heterocycles. The van der Waals surface area contributed by atoms with Gasteiger partial charge in [-0.1, -0.05) is 17.7 Å². The van der Waals surface area contributed by atoms with Gasteiger partial charge in [0.15, 0.2) is 11.5 Å². The molecule has 166 valence electrons. The van der Waals surface area contributed by atoms with Gasteiger partial charge in [0.25, 0.3) is 5.91 Å². The molecule has 0 aliphatic carbocycles. The normalized spacial score (nSPS) is 13.5. The number of rotatable bonds is 8. The maximum absolute atomic E-state index is 13.1. The molecule has 1 heterocycles. The molecule has 7 nitrogen and oxygen atoms in total. The Morgan fingerprint density at radius 2 is 1.74 bits per heavy atom. The summed E-state index contributed by atoms with van der Waals surface area (Å²) in [6.07, 6.45) is 3.17. The van der Waals surface area contributed by atoms with Crippen LogP contribution < -0.4 is 19.5 Å². The number of halogens is 1. The number of ether oxygens (including phenoxy) is 3. The molecule has 31 heavy (non-hydrogen) atoms. The highest BCUT2D eigenvalue weighted by Crippen LogP contribution is 2.34. The van der Waals surface area contributed by atoms with Crippen molar-refractivity contribution in [2.45, 2.75) is 25.7 Å². The van der Waals surface area contributed by atoms with Crippen LogP contribution in [0.1, 0.15) is 36.0 Å². The van der Waals surface area contributed by atoms with Gasteiger partial charge in [-0.2, -0.15) is 0 Å². The lowest BCUT2D eigenvalue weighted by Crippen LogP contribution is -2.36. The van der Waals surface area contributed by atoms with Crippen LogP contribution in [0.25, 0.3) is 0 Å². The van der Waals surface area contributed by atoms with E-state index in [1.165, 1.54) is 14.2 Å². The Balaban J connectivity index is 1.73. The zero-order valence-corrected chi connectivity index (χ0v) is 18.5. The van der Waals surface area contributed by atoms with Crippen molar-refractivity contribution in [1.82, 2.24) is 4.90 Å². The third-order valence-electron chi connectivity index (χ3n) is 5.07. The molecule has 1 aliphatic rings. The second-order valence-electron chi connectivity index (χ2n) is 7.21. The van der Waals surface area contributed by atoms with E-state index in [2.05, 4.69) is 5.32 Å². The van der Waals surface area contributed by atoms with Crippen LogP contribution in [-0.4, -0.2) is 50.6 Å². The predicted octanol–water partition coefficient (Wildman–Crippen LogP) is 4.39. The third-order valence-corrected chi connectivity index (χ3v) is 5.30. The van der Waals surface area contributed by atoms with Gasteiger partial charge in [-0.15, -0.1) is 0 Å². The molecule has 1 aliphatic heterocycles. The minimum absolute atomic E-state index is 0.109. The number of methoxy groups -OCH3 is 2. The molecule has 3 rings (SSSR count). The first-order chi connectivity index (χ1) is 15.0. The Morgan fingerprint density at radius 1 is 1.03 bits per heavy atom. The average molecular weight is 447 g/mol. The number of nitrogens with zero attached hydrogens (tertiary/aromatic N) is 1. The fourth-order valence-electron chi connectivity index (χ4n) is 3.46. The van der Waals surface area contributed by atoms with Gasteiger partial charge in [0.1, 0.15) is 5.75 Å². The summed E-state index contributed by atoms with van der Waals surface area (Å²) in [5.74, 6) is 1.05. The number of carbonyl (C=O) groups excluding carboxylic acids is 2. The van der Waals surface area contributed by atoms with E-state index in [0.717, 1.165) is 19.3 Å². The van der Waals surface area contributed by atoms with E-state index in [-0.39, 0.29) is 24.8 Å². The van der Waals surface area contributed by atoms with Crippen LogP contribution in [0, 0.1) is 0 Å². The fourth-order valence-corrected chi connectivity index (χ4v) is 3.64.